The average molecular weight is 296 g/mol. The molecule has 6 heteroatoms. The van der Waals surface area contributed by atoms with Gasteiger partial charge in [0.25, 0.3) is 0 Å². The minimum absolute atomic E-state index is 0.287. The van der Waals surface area contributed by atoms with Crippen molar-refractivity contribution in [2.45, 2.75) is 45.4 Å². The van der Waals surface area contributed by atoms with E-state index >= 15 is 0 Å². The highest BCUT2D eigenvalue weighted by atomic mass is 32.1. The van der Waals surface area contributed by atoms with Crippen molar-refractivity contribution in [3.8, 4) is 0 Å². The van der Waals surface area contributed by atoms with Crippen molar-refractivity contribution < 1.29 is 14.7 Å². The van der Waals surface area contributed by atoms with E-state index in [9.17, 15) is 14.7 Å². The number of carbonyl (C=O) groups is 2. The van der Waals surface area contributed by atoms with Crippen molar-refractivity contribution >= 4 is 28.3 Å². The maximum atomic E-state index is 11.8. The van der Waals surface area contributed by atoms with Gasteiger partial charge in [-0.2, -0.15) is 0 Å². The number of carboxylic acid groups (broad SMARTS) is 1. The van der Waals surface area contributed by atoms with Gasteiger partial charge in [-0.15, -0.1) is 11.3 Å². The van der Waals surface area contributed by atoms with E-state index in [1.165, 1.54) is 11.3 Å². The van der Waals surface area contributed by atoms with Gasteiger partial charge < -0.3 is 10.4 Å². The van der Waals surface area contributed by atoms with Gasteiger partial charge in [0.05, 0.1) is 5.56 Å². The summed E-state index contributed by atoms with van der Waals surface area (Å²) >= 11 is 1.41. The van der Waals surface area contributed by atoms with Gasteiger partial charge in [0.2, 0.25) is 0 Å². The van der Waals surface area contributed by atoms with Crippen molar-refractivity contribution in [1.29, 1.82) is 0 Å². The highest BCUT2D eigenvalue weighted by Crippen LogP contribution is 2.38. The number of fused-ring (bicyclic) bond motifs is 1. The molecule has 5 nitrogen and oxygen atoms in total. The summed E-state index contributed by atoms with van der Waals surface area (Å²) in [6, 6.07) is -0.320. The predicted molar refractivity (Wildman–Crippen MR) is 79.8 cm³/mol. The van der Waals surface area contributed by atoms with Gasteiger partial charge in [0.1, 0.15) is 5.00 Å². The molecule has 1 heterocycles. The number of aryl methyl sites for hydroxylation is 1. The first-order chi connectivity index (χ1) is 9.63. The molecule has 0 saturated heterocycles. The number of carboxylic acids is 1. The van der Waals surface area contributed by atoms with E-state index in [-0.39, 0.29) is 11.6 Å². The van der Waals surface area contributed by atoms with Crippen LogP contribution in [0.5, 0.6) is 0 Å². The number of anilines is 1. The van der Waals surface area contributed by atoms with E-state index in [1.54, 1.807) is 0 Å². The molecule has 1 aliphatic rings. The Hall–Kier alpha value is -1.56. The Bertz CT molecular complexity index is 511. The summed E-state index contributed by atoms with van der Waals surface area (Å²) in [6.07, 6.45) is 5.75. The van der Waals surface area contributed by atoms with Crippen LogP contribution in [0.3, 0.4) is 0 Å². The maximum Gasteiger partial charge on any atom is 0.339 e. The number of urea groups is 1. The van der Waals surface area contributed by atoms with E-state index in [0.29, 0.717) is 11.5 Å². The van der Waals surface area contributed by atoms with Gasteiger partial charge in [-0.3, -0.25) is 5.32 Å². The Morgan fingerprint density at radius 2 is 2.05 bits per heavy atom. The normalized spacial score (nSPS) is 13.7. The van der Waals surface area contributed by atoms with Crippen molar-refractivity contribution in [2.75, 3.05) is 11.9 Å². The number of carbonyl (C=O) groups excluding carboxylic acids is 1. The first-order valence-corrected chi connectivity index (χ1v) is 7.87. The molecule has 0 aromatic carbocycles. The van der Waals surface area contributed by atoms with Crippen molar-refractivity contribution in [3.05, 3.63) is 16.0 Å². The lowest BCUT2D eigenvalue weighted by molar-refractivity contribution is 0.0697. The standard InChI is InChI=1S/C14H20N2O3S/c1-2-3-8-15-14(19)16-12-11(13(17)18)9-6-4-5-7-10(9)20-12/h2-8H2,1H3,(H,17,18)(H2,15,16,19). The molecule has 0 unspecified atom stereocenters. The summed E-state index contributed by atoms with van der Waals surface area (Å²) < 4.78 is 0. The molecule has 3 N–H and O–H groups in total. The molecule has 2 amide bonds. The zero-order chi connectivity index (χ0) is 14.5. The lowest BCUT2D eigenvalue weighted by atomic mass is 9.95. The van der Waals surface area contributed by atoms with Crippen molar-refractivity contribution in [3.63, 3.8) is 0 Å². The lowest BCUT2D eigenvalue weighted by Gasteiger charge is -2.10. The third-order valence-corrected chi connectivity index (χ3v) is 4.64. The number of hydrogen-bond donors (Lipinski definition) is 3. The number of unbranched alkanes of at least 4 members (excludes halogenated alkanes) is 1. The average Bonchev–Trinajstić information content (AvgIpc) is 2.76. The van der Waals surface area contributed by atoms with Gasteiger partial charge in [0.15, 0.2) is 0 Å². The summed E-state index contributed by atoms with van der Waals surface area (Å²) in [5.74, 6) is -0.951. The molecular formula is C14H20N2O3S. The summed E-state index contributed by atoms with van der Waals surface area (Å²) in [5.41, 5.74) is 1.20. The molecule has 0 bridgehead atoms. The molecule has 0 aliphatic heterocycles. The molecule has 0 radical (unpaired) electrons. The minimum Gasteiger partial charge on any atom is -0.478 e. The zero-order valence-corrected chi connectivity index (χ0v) is 12.4. The molecule has 1 aromatic heterocycles. The molecule has 1 aromatic rings. The van der Waals surface area contributed by atoms with E-state index in [2.05, 4.69) is 17.6 Å². The number of aromatic carboxylic acids is 1. The third-order valence-electron chi connectivity index (χ3n) is 3.43. The summed E-state index contributed by atoms with van der Waals surface area (Å²) in [5, 5.41) is 15.3. The molecule has 2 rings (SSSR count). The fourth-order valence-corrected chi connectivity index (χ4v) is 3.68. The molecule has 0 atom stereocenters. The smallest absolute Gasteiger partial charge is 0.339 e. The minimum atomic E-state index is -0.951. The van der Waals surface area contributed by atoms with Gasteiger partial charge in [-0.25, -0.2) is 9.59 Å². The van der Waals surface area contributed by atoms with Crippen LogP contribution in [0.25, 0.3) is 0 Å². The van der Waals surface area contributed by atoms with E-state index in [1.807, 2.05) is 0 Å². The van der Waals surface area contributed by atoms with Crippen molar-refractivity contribution in [1.82, 2.24) is 5.32 Å². The van der Waals surface area contributed by atoms with Crippen LogP contribution in [0.4, 0.5) is 9.80 Å². The number of thiophene rings is 1. The Morgan fingerprint density at radius 1 is 1.30 bits per heavy atom. The summed E-state index contributed by atoms with van der Waals surface area (Å²) in [6.45, 7) is 2.66. The van der Waals surface area contributed by atoms with Crippen LogP contribution < -0.4 is 10.6 Å². The topological polar surface area (TPSA) is 78.4 Å². The van der Waals surface area contributed by atoms with Crippen LogP contribution in [0.2, 0.25) is 0 Å². The molecule has 0 saturated carbocycles. The maximum absolute atomic E-state index is 11.8. The van der Waals surface area contributed by atoms with Crippen LogP contribution in [-0.4, -0.2) is 23.7 Å². The van der Waals surface area contributed by atoms with Gasteiger partial charge in [-0.05, 0) is 37.7 Å². The summed E-state index contributed by atoms with van der Waals surface area (Å²) in [7, 11) is 0. The van der Waals surface area contributed by atoms with Gasteiger partial charge in [0, 0.05) is 11.4 Å². The Kier molecular flexibility index (Phi) is 5.00. The molecule has 110 valence electrons. The monoisotopic (exact) mass is 296 g/mol. The molecular weight excluding hydrogens is 276 g/mol. The quantitative estimate of drug-likeness (QED) is 0.730. The lowest BCUT2D eigenvalue weighted by Crippen LogP contribution is -2.29. The molecule has 20 heavy (non-hydrogen) atoms. The number of rotatable bonds is 5. The predicted octanol–water partition coefficient (Wildman–Crippen LogP) is 3.25. The fraction of sp³-hybridized carbons (Fsp3) is 0.571. The van der Waals surface area contributed by atoms with E-state index in [4.69, 9.17) is 0 Å². The zero-order valence-electron chi connectivity index (χ0n) is 11.6. The van der Waals surface area contributed by atoms with Crippen LogP contribution in [0, 0.1) is 0 Å². The first kappa shape index (κ1) is 14.8. The SMILES string of the molecule is CCCCNC(=O)Nc1sc2c(c1C(=O)O)CCCC2. The van der Waals surface area contributed by atoms with Crippen molar-refractivity contribution in [2.24, 2.45) is 0 Å². The second kappa shape index (κ2) is 6.74. The molecule has 1 aliphatic carbocycles. The Balaban J connectivity index is 2.12. The molecule has 0 spiro atoms. The van der Waals surface area contributed by atoms with E-state index in [0.717, 1.165) is 49.0 Å². The van der Waals surface area contributed by atoms with Crippen LogP contribution in [0.15, 0.2) is 0 Å². The highest BCUT2D eigenvalue weighted by Gasteiger charge is 2.25. The third kappa shape index (κ3) is 3.30. The van der Waals surface area contributed by atoms with Crippen LogP contribution in [-0.2, 0) is 12.8 Å². The number of hydrogen-bond acceptors (Lipinski definition) is 3. The Morgan fingerprint density at radius 3 is 2.75 bits per heavy atom. The van der Waals surface area contributed by atoms with Crippen LogP contribution in [0.1, 0.15) is 53.4 Å². The van der Waals surface area contributed by atoms with Gasteiger partial charge >= 0.3 is 12.0 Å². The second-order valence-corrected chi connectivity index (χ2v) is 6.06. The molecule has 0 fully saturated rings. The highest BCUT2D eigenvalue weighted by molar-refractivity contribution is 7.17. The van der Waals surface area contributed by atoms with Gasteiger partial charge in [-0.1, -0.05) is 13.3 Å². The van der Waals surface area contributed by atoms with E-state index < -0.39 is 5.97 Å². The fourth-order valence-electron chi connectivity index (χ4n) is 2.41. The van der Waals surface area contributed by atoms with Crippen LogP contribution >= 0.6 is 11.3 Å². The summed E-state index contributed by atoms with van der Waals surface area (Å²) in [4.78, 5) is 24.3. The first-order valence-electron chi connectivity index (χ1n) is 7.06. The number of nitrogens with one attached hydrogen (secondary N) is 2. The number of amides is 2. The second-order valence-electron chi connectivity index (χ2n) is 4.95. The Labute approximate surface area is 122 Å². The largest absolute Gasteiger partial charge is 0.478 e.